The molecule has 2 unspecified atom stereocenters. The molecule has 1 amide bonds. The van der Waals surface area contributed by atoms with E-state index < -0.39 is 11.7 Å². The lowest BCUT2D eigenvalue weighted by Gasteiger charge is -2.43. The zero-order valence-corrected chi connectivity index (χ0v) is 12.8. The van der Waals surface area contributed by atoms with Gasteiger partial charge in [0.1, 0.15) is 0 Å². The van der Waals surface area contributed by atoms with Crippen LogP contribution in [0.25, 0.3) is 0 Å². The molecule has 2 atom stereocenters. The summed E-state index contributed by atoms with van der Waals surface area (Å²) >= 11 is 0. The van der Waals surface area contributed by atoms with Crippen molar-refractivity contribution in [1.82, 2.24) is 0 Å². The summed E-state index contributed by atoms with van der Waals surface area (Å²) in [4.78, 5) is 12.4. The molecule has 0 spiro atoms. The number of carbonyl (C=O) groups is 1. The minimum absolute atomic E-state index is 0.153. The Kier molecular flexibility index (Phi) is 4.36. The van der Waals surface area contributed by atoms with Gasteiger partial charge in [-0.3, -0.25) is 4.79 Å². The minimum Gasteiger partial charge on any atom is -0.327 e. The number of anilines is 1. The molecular formula is C17H21F3N2O. The van der Waals surface area contributed by atoms with Gasteiger partial charge in [-0.05, 0) is 55.7 Å². The van der Waals surface area contributed by atoms with Gasteiger partial charge in [0.05, 0.1) is 5.56 Å². The normalized spacial score (nSPS) is 30.8. The molecular weight excluding hydrogens is 305 g/mol. The lowest BCUT2D eigenvalue weighted by atomic mass is 9.65. The molecule has 2 saturated carbocycles. The number of rotatable bonds is 2. The number of hydrogen-bond acceptors (Lipinski definition) is 2. The zero-order chi connectivity index (χ0) is 16.6. The highest BCUT2D eigenvalue weighted by Crippen LogP contribution is 2.42. The summed E-state index contributed by atoms with van der Waals surface area (Å²) in [5, 5.41) is 2.65. The lowest BCUT2D eigenvalue weighted by Crippen LogP contribution is -2.48. The summed E-state index contributed by atoms with van der Waals surface area (Å²) in [6, 6.07) is 4.95. The molecule has 0 heterocycles. The Hall–Kier alpha value is -1.56. The van der Waals surface area contributed by atoms with Gasteiger partial charge in [-0.25, -0.2) is 0 Å². The molecule has 126 valence electrons. The van der Waals surface area contributed by atoms with Gasteiger partial charge in [0.15, 0.2) is 0 Å². The number of fused-ring (bicyclic) bond motifs is 2. The van der Waals surface area contributed by atoms with E-state index in [1.807, 2.05) is 0 Å². The van der Waals surface area contributed by atoms with Crippen molar-refractivity contribution in [3.63, 3.8) is 0 Å². The standard InChI is InChI=1S/C17H21F3N2O/c18-17(19,20)13-5-2-6-14(9-13)22-16(23)12-7-10-3-1-4-11(8-12)15(10)21/h2,5-6,9-12,15H,1,3-4,7-8,21H2,(H,22,23). The van der Waals surface area contributed by atoms with Crippen molar-refractivity contribution in [3.8, 4) is 0 Å². The molecule has 0 aromatic heterocycles. The first-order valence-corrected chi connectivity index (χ1v) is 8.08. The average molecular weight is 326 g/mol. The number of nitrogens with two attached hydrogens (primary N) is 1. The van der Waals surface area contributed by atoms with Crippen LogP contribution >= 0.6 is 0 Å². The summed E-state index contributed by atoms with van der Waals surface area (Å²) in [7, 11) is 0. The molecule has 3 nitrogen and oxygen atoms in total. The number of alkyl halides is 3. The second-order valence-electron chi connectivity index (χ2n) is 6.76. The number of halogens is 3. The predicted molar refractivity (Wildman–Crippen MR) is 81.6 cm³/mol. The van der Waals surface area contributed by atoms with Crippen LogP contribution in [0.15, 0.2) is 24.3 Å². The van der Waals surface area contributed by atoms with Gasteiger partial charge in [0.25, 0.3) is 0 Å². The number of hydrogen-bond donors (Lipinski definition) is 2. The van der Waals surface area contributed by atoms with Gasteiger partial charge in [-0.15, -0.1) is 0 Å². The highest BCUT2D eigenvalue weighted by atomic mass is 19.4. The topological polar surface area (TPSA) is 55.1 Å². The van der Waals surface area contributed by atoms with Crippen molar-refractivity contribution in [3.05, 3.63) is 29.8 Å². The maximum absolute atomic E-state index is 12.7. The average Bonchev–Trinajstić information content (AvgIpc) is 2.46. The highest BCUT2D eigenvalue weighted by molar-refractivity contribution is 5.92. The minimum atomic E-state index is -4.41. The van der Waals surface area contributed by atoms with Gasteiger partial charge < -0.3 is 11.1 Å². The third-order valence-corrected chi connectivity index (χ3v) is 5.24. The van der Waals surface area contributed by atoms with E-state index in [1.54, 1.807) is 0 Å². The first-order chi connectivity index (χ1) is 10.8. The Morgan fingerprint density at radius 2 is 1.83 bits per heavy atom. The summed E-state index contributed by atoms with van der Waals surface area (Å²) in [5.41, 5.74) is 5.66. The molecule has 0 radical (unpaired) electrons. The zero-order valence-electron chi connectivity index (χ0n) is 12.8. The summed E-state index contributed by atoms with van der Waals surface area (Å²) < 4.78 is 38.2. The van der Waals surface area contributed by atoms with Crippen LogP contribution in [-0.2, 0) is 11.0 Å². The van der Waals surface area contributed by atoms with E-state index in [4.69, 9.17) is 5.73 Å². The maximum Gasteiger partial charge on any atom is 0.416 e. The van der Waals surface area contributed by atoms with Crippen LogP contribution in [0.3, 0.4) is 0 Å². The van der Waals surface area contributed by atoms with Crippen LogP contribution in [-0.4, -0.2) is 11.9 Å². The molecule has 2 fully saturated rings. The smallest absolute Gasteiger partial charge is 0.327 e. The molecule has 2 aliphatic rings. The summed E-state index contributed by atoms with van der Waals surface area (Å²) in [6.45, 7) is 0. The molecule has 1 aromatic rings. The Bertz CT molecular complexity index is 573. The van der Waals surface area contributed by atoms with E-state index in [1.165, 1.54) is 12.1 Å². The van der Waals surface area contributed by atoms with E-state index >= 15 is 0 Å². The highest BCUT2D eigenvalue weighted by Gasteiger charge is 2.40. The van der Waals surface area contributed by atoms with Crippen molar-refractivity contribution in [2.24, 2.45) is 23.5 Å². The SMILES string of the molecule is NC1C2CCCC1CC(C(=O)Nc1cccc(C(F)(F)F)c1)C2. The van der Waals surface area contributed by atoms with Crippen LogP contribution in [0.5, 0.6) is 0 Å². The molecule has 23 heavy (non-hydrogen) atoms. The van der Waals surface area contributed by atoms with Crippen molar-refractivity contribution in [2.45, 2.75) is 44.3 Å². The Balaban J connectivity index is 1.68. The van der Waals surface area contributed by atoms with Gasteiger partial charge in [0.2, 0.25) is 5.91 Å². The Labute approximate surface area is 133 Å². The van der Waals surface area contributed by atoms with E-state index in [0.29, 0.717) is 11.8 Å². The van der Waals surface area contributed by atoms with E-state index in [9.17, 15) is 18.0 Å². The van der Waals surface area contributed by atoms with Gasteiger partial charge >= 0.3 is 6.18 Å². The summed E-state index contributed by atoms with van der Waals surface area (Å²) in [5.74, 6) is 0.382. The fourth-order valence-corrected chi connectivity index (χ4v) is 4.02. The molecule has 3 rings (SSSR count). The van der Waals surface area contributed by atoms with Gasteiger partial charge in [-0.2, -0.15) is 13.2 Å². The number of nitrogens with one attached hydrogen (secondary N) is 1. The van der Waals surface area contributed by atoms with Crippen molar-refractivity contribution in [1.29, 1.82) is 0 Å². The van der Waals surface area contributed by atoms with Gasteiger partial charge in [-0.1, -0.05) is 12.5 Å². The molecule has 1 aromatic carbocycles. The van der Waals surface area contributed by atoms with E-state index in [0.717, 1.165) is 44.2 Å². The number of carbonyl (C=O) groups excluding carboxylic acids is 1. The number of amides is 1. The van der Waals surface area contributed by atoms with Crippen molar-refractivity contribution < 1.29 is 18.0 Å². The van der Waals surface area contributed by atoms with E-state index in [-0.39, 0.29) is 23.6 Å². The molecule has 3 N–H and O–H groups in total. The third-order valence-electron chi connectivity index (χ3n) is 5.24. The van der Waals surface area contributed by atoms with Crippen molar-refractivity contribution in [2.75, 3.05) is 5.32 Å². The summed E-state index contributed by atoms with van der Waals surface area (Å²) in [6.07, 6.45) is 0.321. The van der Waals surface area contributed by atoms with E-state index in [2.05, 4.69) is 5.32 Å². The van der Waals surface area contributed by atoms with Gasteiger partial charge in [0, 0.05) is 17.6 Å². The molecule has 0 aliphatic heterocycles. The predicted octanol–water partition coefficient (Wildman–Crippen LogP) is 3.80. The molecule has 2 aliphatic carbocycles. The Morgan fingerprint density at radius 1 is 1.17 bits per heavy atom. The lowest BCUT2D eigenvalue weighted by molar-refractivity contribution is -0.137. The largest absolute Gasteiger partial charge is 0.416 e. The van der Waals surface area contributed by atoms with Crippen LogP contribution in [0.4, 0.5) is 18.9 Å². The first-order valence-electron chi connectivity index (χ1n) is 8.08. The monoisotopic (exact) mass is 326 g/mol. The quantitative estimate of drug-likeness (QED) is 0.868. The Morgan fingerprint density at radius 3 is 2.43 bits per heavy atom. The van der Waals surface area contributed by atoms with Crippen LogP contribution in [0.2, 0.25) is 0 Å². The second kappa shape index (κ2) is 6.15. The first kappa shape index (κ1) is 16.3. The molecule has 0 saturated heterocycles. The fourth-order valence-electron chi connectivity index (χ4n) is 4.02. The molecule has 2 bridgehead atoms. The maximum atomic E-state index is 12.7. The van der Waals surface area contributed by atoms with Crippen LogP contribution in [0.1, 0.15) is 37.7 Å². The fraction of sp³-hybridized carbons (Fsp3) is 0.588. The second-order valence-corrected chi connectivity index (χ2v) is 6.76. The van der Waals surface area contributed by atoms with Crippen molar-refractivity contribution >= 4 is 11.6 Å². The van der Waals surface area contributed by atoms with Crippen LogP contribution in [0, 0.1) is 17.8 Å². The third kappa shape index (κ3) is 3.52. The van der Waals surface area contributed by atoms with Crippen LogP contribution < -0.4 is 11.1 Å². The number of benzene rings is 1. The molecule has 6 heteroatoms.